The molecule has 1 heterocycles. The number of hydrogen-bond donors (Lipinski definition) is 1. The molecule has 0 aliphatic heterocycles. The van der Waals surface area contributed by atoms with Crippen LogP contribution in [-0.4, -0.2) is 28.2 Å². The van der Waals surface area contributed by atoms with Gasteiger partial charge in [-0.25, -0.2) is 9.37 Å². The maximum atomic E-state index is 12.9. The highest BCUT2D eigenvalue weighted by Crippen LogP contribution is 2.22. The molecular weight excluding hydrogens is 275 g/mol. The first kappa shape index (κ1) is 14.9. The zero-order valence-corrected chi connectivity index (χ0v) is 11.7. The third-order valence-electron chi connectivity index (χ3n) is 3.05. The molecule has 2 rings (SSSR count). The lowest BCUT2D eigenvalue weighted by Crippen LogP contribution is -2.17. The summed E-state index contributed by atoms with van der Waals surface area (Å²) in [6.45, 7) is 1.67. The van der Waals surface area contributed by atoms with Crippen LogP contribution in [0.15, 0.2) is 30.3 Å². The summed E-state index contributed by atoms with van der Waals surface area (Å²) in [6.07, 6.45) is 0.217. The Morgan fingerprint density at radius 3 is 2.57 bits per heavy atom. The minimum Gasteiger partial charge on any atom is -0.481 e. The number of carboxylic acid groups (broad SMARTS) is 1. The van der Waals surface area contributed by atoms with E-state index in [9.17, 15) is 14.3 Å². The van der Waals surface area contributed by atoms with Crippen molar-refractivity contribution in [1.29, 1.82) is 0 Å². The number of hydrogen-bond acceptors (Lipinski definition) is 4. The molecule has 0 amide bonds. The molecule has 110 valence electrons. The predicted octanol–water partition coefficient (Wildman–Crippen LogP) is 2.34. The molecule has 1 N–H and O–H groups in total. The second kappa shape index (κ2) is 6.30. The van der Waals surface area contributed by atoms with E-state index < -0.39 is 11.9 Å². The molecule has 0 aliphatic carbocycles. The van der Waals surface area contributed by atoms with Crippen LogP contribution in [0.5, 0.6) is 5.88 Å². The number of carbonyl (C=O) groups is 1. The van der Waals surface area contributed by atoms with Crippen LogP contribution in [0.2, 0.25) is 0 Å². The Labute approximate surface area is 121 Å². The number of rotatable bonds is 5. The van der Waals surface area contributed by atoms with Crippen LogP contribution >= 0.6 is 0 Å². The molecule has 1 aromatic carbocycles. The molecule has 1 unspecified atom stereocenters. The molecule has 0 fully saturated rings. The Bertz CT molecular complexity index is 644. The second-order valence-electron chi connectivity index (χ2n) is 4.60. The number of halogens is 1. The van der Waals surface area contributed by atoms with E-state index in [2.05, 4.69) is 9.97 Å². The summed E-state index contributed by atoms with van der Waals surface area (Å²) in [4.78, 5) is 19.7. The van der Waals surface area contributed by atoms with Crippen molar-refractivity contribution < 1.29 is 19.0 Å². The number of carboxylic acids is 1. The highest BCUT2D eigenvalue weighted by Gasteiger charge is 2.23. The zero-order chi connectivity index (χ0) is 15.4. The molecule has 2 aromatic rings. The first-order valence-electron chi connectivity index (χ1n) is 6.36. The van der Waals surface area contributed by atoms with Crippen molar-refractivity contribution in [3.63, 3.8) is 0 Å². The summed E-state index contributed by atoms with van der Waals surface area (Å²) in [5.41, 5.74) is 1.09. The first-order chi connectivity index (χ1) is 9.99. The quantitative estimate of drug-likeness (QED) is 0.915. The van der Waals surface area contributed by atoms with Gasteiger partial charge in [0.25, 0.3) is 0 Å². The van der Waals surface area contributed by atoms with Crippen molar-refractivity contribution >= 4 is 5.97 Å². The topological polar surface area (TPSA) is 72.3 Å². The molecule has 0 spiro atoms. The third-order valence-corrected chi connectivity index (χ3v) is 3.05. The smallest absolute Gasteiger partial charge is 0.312 e. The number of aromatic nitrogens is 2. The summed E-state index contributed by atoms with van der Waals surface area (Å²) >= 11 is 0. The SMILES string of the molecule is COc1cc(C(Cc2ccc(F)cc2)C(=O)O)nc(C)n1. The Hall–Kier alpha value is -2.50. The Morgan fingerprint density at radius 1 is 1.33 bits per heavy atom. The number of nitrogens with zero attached hydrogens (tertiary/aromatic N) is 2. The van der Waals surface area contributed by atoms with E-state index in [1.807, 2.05) is 0 Å². The average Bonchev–Trinajstić information content (AvgIpc) is 2.45. The Balaban J connectivity index is 2.32. The minimum atomic E-state index is -1.00. The van der Waals surface area contributed by atoms with Gasteiger partial charge in [0, 0.05) is 6.07 Å². The van der Waals surface area contributed by atoms with Gasteiger partial charge in [-0.1, -0.05) is 12.1 Å². The number of ether oxygens (including phenoxy) is 1. The van der Waals surface area contributed by atoms with Gasteiger partial charge in [-0.2, -0.15) is 4.98 Å². The summed E-state index contributed by atoms with van der Waals surface area (Å²) < 4.78 is 17.9. The molecule has 1 aromatic heterocycles. The van der Waals surface area contributed by atoms with Gasteiger partial charge in [0.05, 0.1) is 12.8 Å². The largest absolute Gasteiger partial charge is 0.481 e. The third kappa shape index (κ3) is 3.75. The lowest BCUT2D eigenvalue weighted by molar-refractivity contribution is -0.138. The van der Waals surface area contributed by atoms with Crippen molar-refractivity contribution in [3.05, 3.63) is 53.2 Å². The van der Waals surface area contributed by atoms with E-state index in [-0.39, 0.29) is 12.2 Å². The molecule has 5 nitrogen and oxygen atoms in total. The summed E-state index contributed by atoms with van der Waals surface area (Å²) in [5, 5.41) is 9.42. The molecule has 6 heteroatoms. The second-order valence-corrected chi connectivity index (χ2v) is 4.60. The van der Waals surface area contributed by atoms with Gasteiger partial charge in [-0.3, -0.25) is 4.79 Å². The van der Waals surface area contributed by atoms with E-state index in [1.54, 1.807) is 19.1 Å². The average molecular weight is 290 g/mol. The zero-order valence-electron chi connectivity index (χ0n) is 11.7. The maximum absolute atomic E-state index is 12.9. The highest BCUT2D eigenvalue weighted by atomic mass is 19.1. The van der Waals surface area contributed by atoms with Crippen LogP contribution in [0.25, 0.3) is 0 Å². The van der Waals surface area contributed by atoms with E-state index >= 15 is 0 Å². The highest BCUT2D eigenvalue weighted by molar-refractivity contribution is 5.76. The van der Waals surface area contributed by atoms with Crippen LogP contribution in [-0.2, 0) is 11.2 Å². The molecule has 21 heavy (non-hydrogen) atoms. The lowest BCUT2D eigenvalue weighted by Gasteiger charge is -2.13. The van der Waals surface area contributed by atoms with Gasteiger partial charge in [-0.05, 0) is 31.0 Å². The molecule has 0 bridgehead atoms. The predicted molar refractivity (Wildman–Crippen MR) is 73.8 cm³/mol. The standard InChI is InChI=1S/C15H15FN2O3/c1-9-17-13(8-14(18-9)21-2)12(15(19)20)7-10-3-5-11(16)6-4-10/h3-6,8,12H,7H2,1-2H3,(H,19,20). The first-order valence-corrected chi connectivity index (χ1v) is 6.36. The van der Waals surface area contributed by atoms with Crippen LogP contribution in [0.4, 0.5) is 4.39 Å². The molecule has 0 radical (unpaired) electrons. The number of benzene rings is 1. The van der Waals surface area contributed by atoms with Crippen LogP contribution in [0.3, 0.4) is 0 Å². The molecule has 0 saturated heterocycles. The maximum Gasteiger partial charge on any atom is 0.312 e. The van der Waals surface area contributed by atoms with Crippen molar-refractivity contribution in [1.82, 2.24) is 9.97 Å². The molecule has 0 saturated carbocycles. The van der Waals surface area contributed by atoms with E-state index in [4.69, 9.17) is 4.74 Å². The van der Waals surface area contributed by atoms with E-state index in [1.165, 1.54) is 25.3 Å². The fourth-order valence-corrected chi connectivity index (χ4v) is 2.02. The van der Waals surface area contributed by atoms with Crippen molar-refractivity contribution in [2.24, 2.45) is 0 Å². The van der Waals surface area contributed by atoms with Gasteiger partial charge in [-0.15, -0.1) is 0 Å². The number of aryl methyl sites for hydroxylation is 1. The summed E-state index contributed by atoms with van der Waals surface area (Å²) in [6, 6.07) is 7.25. The van der Waals surface area contributed by atoms with Gasteiger partial charge in [0.1, 0.15) is 17.6 Å². The van der Waals surface area contributed by atoms with Gasteiger partial charge in [0.15, 0.2) is 0 Å². The molecular formula is C15H15FN2O3. The van der Waals surface area contributed by atoms with Crippen LogP contribution in [0, 0.1) is 12.7 Å². The summed E-state index contributed by atoms with van der Waals surface area (Å²) in [7, 11) is 1.46. The molecule has 1 atom stereocenters. The van der Waals surface area contributed by atoms with Gasteiger partial charge >= 0.3 is 5.97 Å². The van der Waals surface area contributed by atoms with Crippen molar-refractivity contribution in [2.45, 2.75) is 19.3 Å². The normalized spacial score (nSPS) is 12.0. The van der Waals surface area contributed by atoms with Crippen LogP contribution in [0.1, 0.15) is 23.0 Å². The lowest BCUT2D eigenvalue weighted by atomic mass is 9.96. The van der Waals surface area contributed by atoms with E-state index in [0.717, 1.165) is 5.56 Å². The van der Waals surface area contributed by atoms with E-state index in [0.29, 0.717) is 17.4 Å². The van der Waals surface area contributed by atoms with Crippen LogP contribution < -0.4 is 4.74 Å². The monoisotopic (exact) mass is 290 g/mol. The van der Waals surface area contributed by atoms with Crippen molar-refractivity contribution in [3.8, 4) is 5.88 Å². The van der Waals surface area contributed by atoms with Crippen molar-refractivity contribution in [2.75, 3.05) is 7.11 Å². The number of methoxy groups -OCH3 is 1. The van der Waals surface area contributed by atoms with Gasteiger partial charge in [0.2, 0.25) is 5.88 Å². The Kier molecular flexibility index (Phi) is 4.47. The minimum absolute atomic E-state index is 0.217. The fourth-order valence-electron chi connectivity index (χ4n) is 2.02. The molecule has 0 aliphatic rings. The fraction of sp³-hybridized carbons (Fsp3) is 0.267. The Morgan fingerprint density at radius 2 is 2.00 bits per heavy atom. The number of aliphatic carboxylic acids is 1. The van der Waals surface area contributed by atoms with Gasteiger partial charge < -0.3 is 9.84 Å². The summed E-state index contributed by atoms with van der Waals surface area (Å²) in [5.74, 6) is -1.44.